The van der Waals surface area contributed by atoms with Crippen molar-refractivity contribution < 1.29 is 0 Å². The highest BCUT2D eigenvalue weighted by molar-refractivity contribution is 6.10. The molecule has 3 heterocycles. The molecular formula is C52H34N4. The quantitative estimate of drug-likeness (QED) is 0.172. The summed E-state index contributed by atoms with van der Waals surface area (Å²) in [6.07, 6.45) is 0. The maximum atomic E-state index is 5.28. The van der Waals surface area contributed by atoms with E-state index in [-0.39, 0.29) is 0 Å². The summed E-state index contributed by atoms with van der Waals surface area (Å²) in [5.74, 6) is 0.684. The Balaban J connectivity index is 1.03. The number of rotatable bonds is 6. The average molecular weight is 715 g/mol. The Morgan fingerprint density at radius 1 is 0.268 bits per heavy atom. The molecule has 3 aromatic heterocycles. The topological polar surface area (TPSA) is 35.6 Å². The van der Waals surface area contributed by atoms with Crippen LogP contribution in [0.5, 0.6) is 0 Å². The van der Waals surface area contributed by atoms with Gasteiger partial charge in [0.2, 0.25) is 0 Å². The van der Waals surface area contributed by atoms with Crippen molar-refractivity contribution in [2.75, 3.05) is 0 Å². The number of para-hydroxylation sites is 4. The fourth-order valence-electron chi connectivity index (χ4n) is 8.35. The standard InChI is InChI=1S/C52H34N4/c1-2-15-35(16-3-1)46-34-47(38-19-14-22-41(33-38)56-50-29-10-6-25-44(50)45-26-7-11-30-51(45)56)54-52(53-46)39-20-12-17-36(31-39)37-18-13-21-40(32-37)55-48-27-8-4-23-42(48)43-24-5-9-28-49(43)55/h1-34H. The SMILES string of the molecule is c1ccc(-c2cc(-c3cccc(-n4c5ccccc5c5ccccc54)c3)nc(-c3cccc(-c4cccc(-n5c6ccccc6c6ccccc65)c4)c3)n2)cc1. The third-order valence-corrected chi connectivity index (χ3v) is 10.9. The molecule has 0 saturated carbocycles. The van der Waals surface area contributed by atoms with Gasteiger partial charge in [0, 0.05) is 49.6 Å². The smallest absolute Gasteiger partial charge is 0.160 e. The van der Waals surface area contributed by atoms with Crippen LogP contribution in [0, 0.1) is 0 Å². The van der Waals surface area contributed by atoms with Crippen molar-refractivity contribution in [3.8, 4) is 56.4 Å². The van der Waals surface area contributed by atoms with Crippen molar-refractivity contribution in [3.63, 3.8) is 0 Å². The van der Waals surface area contributed by atoms with Gasteiger partial charge in [0.15, 0.2) is 5.82 Å². The van der Waals surface area contributed by atoms with E-state index in [1.807, 2.05) is 6.07 Å². The molecule has 8 aromatic carbocycles. The molecule has 0 radical (unpaired) electrons. The van der Waals surface area contributed by atoms with Crippen molar-refractivity contribution in [3.05, 3.63) is 206 Å². The van der Waals surface area contributed by atoms with E-state index in [9.17, 15) is 0 Å². The highest BCUT2D eigenvalue weighted by Gasteiger charge is 2.16. The van der Waals surface area contributed by atoms with Gasteiger partial charge in [0.1, 0.15) is 0 Å². The lowest BCUT2D eigenvalue weighted by Crippen LogP contribution is -1.98. The Labute approximate surface area is 324 Å². The second-order valence-electron chi connectivity index (χ2n) is 14.2. The van der Waals surface area contributed by atoms with Crippen LogP contribution in [0.2, 0.25) is 0 Å². The largest absolute Gasteiger partial charge is 0.309 e. The van der Waals surface area contributed by atoms with Crippen molar-refractivity contribution in [2.45, 2.75) is 0 Å². The second kappa shape index (κ2) is 13.1. The van der Waals surface area contributed by atoms with E-state index in [1.165, 1.54) is 43.6 Å². The molecule has 4 nitrogen and oxygen atoms in total. The minimum atomic E-state index is 0.684. The fourth-order valence-corrected chi connectivity index (χ4v) is 8.35. The number of nitrogens with zero attached hydrogens (tertiary/aromatic N) is 4. The third kappa shape index (κ3) is 5.31. The van der Waals surface area contributed by atoms with Gasteiger partial charge in [-0.3, -0.25) is 0 Å². The van der Waals surface area contributed by atoms with Crippen LogP contribution in [-0.4, -0.2) is 19.1 Å². The first-order valence-corrected chi connectivity index (χ1v) is 19.0. The van der Waals surface area contributed by atoms with E-state index in [4.69, 9.17) is 9.97 Å². The number of aromatic nitrogens is 4. The molecule has 56 heavy (non-hydrogen) atoms. The summed E-state index contributed by atoms with van der Waals surface area (Å²) in [6, 6.07) is 73.2. The monoisotopic (exact) mass is 714 g/mol. The minimum Gasteiger partial charge on any atom is -0.309 e. The van der Waals surface area contributed by atoms with Crippen LogP contribution >= 0.6 is 0 Å². The van der Waals surface area contributed by atoms with E-state index >= 15 is 0 Å². The van der Waals surface area contributed by atoms with Gasteiger partial charge >= 0.3 is 0 Å². The molecule has 0 unspecified atom stereocenters. The van der Waals surface area contributed by atoms with Crippen molar-refractivity contribution in [2.24, 2.45) is 0 Å². The molecule has 0 aliphatic rings. The maximum absolute atomic E-state index is 5.28. The van der Waals surface area contributed by atoms with Crippen molar-refractivity contribution in [1.82, 2.24) is 19.1 Å². The van der Waals surface area contributed by atoms with Gasteiger partial charge < -0.3 is 9.13 Å². The van der Waals surface area contributed by atoms with E-state index in [2.05, 4.69) is 209 Å². The van der Waals surface area contributed by atoms with Crippen LogP contribution in [0.1, 0.15) is 0 Å². The summed E-state index contributed by atoms with van der Waals surface area (Å²) in [4.78, 5) is 10.5. The highest BCUT2D eigenvalue weighted by Crippen LogP contribution is 2.36. The van der Waals surface area contributed by atoms with Gasteiger partial charge in [0.05, 0.1) is 33.5 Å². The van der Waals surface area contributed by atoms with Crippen LogP contribution in [0.3, 0.4) is 0 Å². The van der Waals surface area contributed by atoms with Gasteiger partial charge in [-0.05, 0) is 71.8 Å². The van der Waals surface area contributed by atoms with Crippen LogP contribution in [0.15, 0.2) is 206 Å². The van der Waals surface area contributed by atoms with Crippen LogP contribution in [-0.2, 0) is 0 Å². The normalized spacial score (nSPS) is 11.6. The zero-order valence-corrected chi connectivity index (χ0v) is 30.4. The predicted molar refractivity (Wildman–Crippen MR) is 232 cm³/mol. The summed E-state index contributed by atoms with van der Waals surface area (Å²) in [5, 5.41) is 4.99. The second-order valence-corrected chi connectivity index (χ2v) is 14.2. The van der Waals surface area contributed by atoms with Gasteiger partial charge in [-0.1, -0.05) is 146 Å². The Hall–Kier alpha value is -7.56. The van der Waals surface area contributed by atoms with Crippen molar-refractivity contribution >= 4 is 43.6 Å². The molecule has 0 aliphatic heterocycles. The lowest BCUT2D eigenvalue weighted by atomic mass is 10.0. The number of benzene rings is 8. The van der Waals surface area contributed by atoms with Gasteiger partial charge in [-0.15, -0.1) is 0 Å². The molecule has 0 fully saturated rings. The number of fused-ring (bicyclic) bond motifs is 6. The molecule has 11 aromatic rings. The summed E-state index contributed by atoms with van der Waals surface area (Å²) in [6.45, 7) is 0. The molecule has 0 bridgehead atoms. The molecule has 4 heteroatoms. The summed E-state index contributed by atoms with van der Waals surface area (Å²) < 4.78 is 4.72. The van der Waals surface area contributed by atoms with Crippen LogP contribution in [0.25, 0.3) is 100 Å². The lowest BCUT2D eigenvalue weighted by Gasteiger charge is -2.13. The molecule has 0 atom stereocenters. The zero-order valence-electron chi connectivity index (χ0n) is 30.4. The molecule has 0 N–H and O–H groups in total. The van der Waals surface area contributed by atoms with Gasteiger partial charge in [0.25, 0.3) is 0 Å². The summed E-state index contributed by atoms with van der Waals surface area (Å²) in [5.41, 5.74) is 14.0. The first-order chi connectivity index (χ1) is 27.8. The van der Waals surface area contributed by atoms with Crippen molar-refractivity contribution in [1.29, 1.82) is 0 Å². The highest BCUT2D eigenvalue weighted by atomic mass is 15.0. The first-order valence-electron chi connectivity index (χ1n) is 19.0. The van der Waals surface area contributed by atoms with Gasteiger partial charge in [-0.25, -0.2) is 9.97 Å². The maximum Gasteiger partial charge on any atom is 0.160 e. The van der Waals surface area contributed by atoms with E-state index in [1.54, 1.807) is 0 Å². The van der Waals surface area contributed by atoms with Gasteiger partial charge in [-0.2, -0.15) is 0 Å². The molecule has 11 rings (SSSR count). The third-order valence-electron chi connectivity index (χ3n) is 10.9. The van der Waals surface area contributed by atoms with Crippen LogP contribution < -0.4 is 0 Å². The predicted octanol–water partition coefficient (Wildman–Crippen LogP) is 13.3. The summed E-state index contributed by atoms with van der Waals surface area (Å²) >= 11 is 0. The van der Waals surface area contributed by atoms with E-state index in [0.717, 1.165) is 50.6 Å². The van der Waals surface area contributed by atoms with Crippen LogP contribution in [0.4, 0.5) is 0 Å². The Morgan fingerprint density at radius 3 is 1.18 bits per heavy atom. The number of hydrogen-bond donors (Lipinski definition) is 0. The number of hydrogen-bond acceptors (Lipinski definition) is 2. The summed E-state index contributed by atoms with van der Waals surface area (Å²) in [7, 11) is 0. The molecular weight excluding hydrogens is 681 g/mol. The molecule has 262 valence electrons. The van der Waals surface area contributed by atoms with E-state index < -0.39 is 0 Å². The molecule has 0 spiro atoms. The first kappa shape index (κ1) is 31.9. The van der Waals surface area contributed by atoms with E-state index in [0.29, 0.717) is 5.82 Å². The zero-order chi connectivity index (χ0) is 37.0. The fraction of sp³-hybridized carbons (Fsp3) is 0. The Morgan fingerprint density at radius 2 is 0.643 bits per heavy atom. The average Bonchev–Trinajstić information content (AvgIpc) is 3.80. The lowest BCUT2D eigenvalue weighted by molar-refractivity contribution is 1.16. The minimum absolute atomic E-state index is 0.684. The molecule has 0 aliphatic carbocycles. The Kier molecular flexibility index (Phi) is 7.46. The Bertz CT molecular complexity index is 3150. The molecule has 0 amide bonds. The molecule has 0 saturated heterocycles.